The first-order chi connectivity index (χ1) is 12.6. The first kappa shape index (κ1) is 23.0. The number of esters is 1. The number of halogens is 1. The monoisotopic (exact) mass is 400 g/mol. The molecule has 1 aromatic rings. The van der Waals surface area contributed by atoms with E-state index in [2.05, 4.69) is 10.2 Å². The molecule has 0 saturated carbocycles. The highest BCUT2D eigenvalue weighted by Gasteiger charge is 2.26. The van der Waals surface area contributed by atoms with Crippen molar-refractivity contribution in [2.24, 2.45) is 5.92 Å². The van der Waals surface area contributed by atoms with Crippen molar-refractivity contribution in [3.8, 4) is 11.5 Å². The van der Waals surface area contributed by atoms with Crippen LogP contribution < -0.4 is 14.8 Å². The number of amides is 1. The summed E-state index contributed by atoms with van der Waals surface area (Å²) in [5, 5.41) is 2.87. The number of hydrogen-bond acceptors (Lipinski definition) is 6. The van der Waals surface area contributed by atoms with Gasteiger partial charge in [0.25, 0.3) is 0 Å². The third-order valence-electron chi connectivity index (χ3n) is 4.46. The lowest BCUT2D eigenvalue weighted by Gasteiger charge is -2.31. The molecule has 27 heavy (non-hydrogen) atoms. The van der Waals surface area contributed by atoms with E-state index in [4.69, 9.17) is 14.2 Å². The van der Waals surface area contributed by atoms with Crippen LogP contribution in [0, 0.1) is 5.92 Å². The van der Waals surface area contributed by atoms with Crippen LogP contribution in [0.25, 0.3) is 0 Å². The van der Waals surface area contributed by atoms with Gasteiger partial charge in [-0.1, -0.05) is 0 Å². The summed E-state index contributed by atoms with van der Waals surface area (Å²) in [6, 6.07) is 5.26. The molecule has 1 amide bonds. The number of piperidine rings is 1. The van der Waals surface area contributed by atoms with Crippen LogP contribution in [0.1, 0.15) is 26.2 Å². The summed E-state index contributed by atoms with van der Waals surface area (Å²) in [5.74, 6) is 0.900. The van der Waals surface area contributed by atoms with Gasteiger partial charge in [0.05, 0.1) is 32.4 Å². The molecule has 0 aromatic heterocycles. The lowest BCUT2D eigenvalue weighted by Crippen LogP contribution is -2.40. The number of benzene rings is 1. The van der Waals surface area contributed by atoms with Gasteiger partial charge in [-0.25, -0.2) is 0 Å². The van der Waals surface area contributed by atoms with Crippen molar-refractivity contribution in [1.82, 2.24) is 4.90 Å². The van der Waals surface area contributed by atoms with Crippen LogP contribution >= 0.6 is 12.4 Å². The molecule has 0 spiro atoms. The third-order valence-corrected chi connectivity index (χ3v) is 4.46. The Bertz CT molecular complexity index is 626. The Morgan fingerprint density at radius 1 is 1.26 bits per heavy atom. The smallest absolute Gasteiger partial charge is 0.310 e. The number of carbonyl (C=O) groups excluding carboxylic acids is 2. The second kappa shape index (κ2) is 11.7. The highest BCUT2D eigenvalue weighted by atomic mass is 35.5. The zero-order valence-corrected chi connectivity index (χ0v) is 17.0. The predicted octanol–water partition coefficient (Wildman–Crippen LogP) is 2.73. The number of nitrogens with one attached hydrogen (secondary N) is 1. The van der Waals surface area contributed by atoms with E-state index in [0.29, 0.717) is 43.3 Å². The summed E-state index contributed by atoms with van der Waals surface area (Å²) < 4.78 is 15.6. The van der Waals surface area contributed by atoms with Crippen molar-refractivity contribution in [3.63, 3.8) is 0 Å². The molecule has 1 saturated heterocycles. The summed E-state index contributed by atoms with van der Waals surface area (Å²) in [7, 11) is 3.13. The molecule has 1 aromatic carbocycles. The number of methoxy groups -OCH3 is 2. The van der Waals surface area contributed by atoms with Crippen molar-refractivity contribution in [1.29, 1.82) is 0 Å². The van der Waals surface area contributed by atoms with E-state index >= 15 is 0 Å². The topological polar surface area (TPSA) is 77.1 Å². The maximum Gasteiger partial charge on any atom is 0.310 e. The molecule has 1 fully saturated rings. The van der Waals surface area contributed by atoms with E-state index in [1.54, 1.807) is 32.4 Å². The Kier molecular flexibility index (Phi) is 9.96. The molecule has 0 radical (unpaired) electrons. The van der Waals surface area contributed by atoms with Crippen LogP contribution in [0.3, 0.4) is 0 Å². The molecule has 1 N–H and O–H groups in total. The number of hydrogen-bond donors (Lipinski definition) is 1. The number of ether oxygens (including phenoxy) is 3. The lowest BCUT2D eigenvalue weighted by molar-refractivity contribution is -0.149. The van der Waals surface area contributed by atoms with Crippen molar-refractivity contribution in [3.05, 3.63) is 18.2 Å². The fraction of sp³-hybridized carbons (Fsp3) is 0.579. The quantitative estimate of drug-likeness (QED) is 0.676. The molecule has 7 nitrogen and oxygen atoms in total. The van der Waals surface area contributed by atoms with E-state index in [9.17, 15) is 9.59 Å². The van der Waals surface area contributed by atoms with E-state index in [-0.39, 0.29) is 30.2 Å². The van der Waals surface area contributed by atoms with Crippen LogP contribution in [0.5, 0.6) is 11.5 Å². The van der Waals surface area contributed by atoms with E-state index in [1.165, 1.54) is 0 Å². The van der Waals surface area contributed by atoms with E-state index in [1.807, 2.05) is 6.92 Å². The van der Waals surface area contributed by atoms with Crippen LogP contribution in [0.4, 0.5) is 5.69 Å². The molecule has 8 heteroatoms. The van der Waals surface area contributed by atoms with Crippen molar-refractivity contribution >= 4 is 30.0 Å². The summed E-state index contributed by atoms with van der Waals surface area (Å²) in [5.41, 5.74) is 0.583. The Hall–Kier alpha value is -1.99. The standard InChI is InChI=1S/C19H28N2O5.ClH/c1-4-26-19(23)14-6-5-10-21(13-14)11-9-18(22)20-16-12-15(24-2)7-8-17(16)25-3;/h7-8,12,14H,4-6,9-11,13H2,1-3H3,(H,20,22);1H. The zero-order valence-electron chi connectivity index (χ0n) is 16.2. The number of carbonyl (C=O) groups is 2. The van der Waals surface area contributed by atoms with Gasteiger partial charge >= 0.3 is 5.97 Å². The predicted molar refractivity (Wildman–Crippen MR) is 106 cm³/mol. The van der Waals surface area contributed by atoms with E-state index in [0.717, 1.165) is 19.4 Å². The number of anilines is 1. The Morgan fingerprint density at radius 2 is 2.04 bits per heavy atom. The highest BCUT2D eigenvalue weighted by Crippen LogP contribution is 2.29. The molecule has 1 aliphatic rings. The Balaban J connectivity index is 0.00000364. The molecular formula is C19H29ClN2O5. The minimum absolute atomic E-state index is 0. The maximum atomic E-state index is 12.3. The van der Waals surface area contributed by atoms with Gasteiger partial charge in [-0.3, -0.25) is 9.59 Å². The number of likely N-dealkylation sites (tertiary alicyclic amines) is 1. The summed E-state index contributed by atoms with van der Waals surface area (Å²) in [6.07, 6.45) is 2.13. The van der Waals surface area contributed by atoms with Crippen LogP contribution in [-0.4, -0.2) is 57.2 Å². The third kappa shape index (κ3) is 6.92. The second-order valence-electron chi connectivity index (χ2n) is 6.26. The highest BCUT2D eigenvalue weighted by molar-refractivity contribution is 5.92. The van der Waals surface area contributed by atoms with Gasteiger partial charge in [-0.15, -0.1) is 12.4 Å². The summed E-state index contributed by atoms with van der Waals surface area (Å²) in [4.78, 5) is 26.4. The largest absolute Gasteiger partial charge is 0.497 e. The second-order valence-corrected chi connectivity index (χ2v) is 6.26. The van der Waals surface area contributed by atoms with Gasteiger partial charge in [-0.05, 0) is 38.4 Å². The van der Waals surface area contributed by atoms with Gasteiger partial charge in [0.2, 0.25) is 5.91 Å². The number of rotatable bonds is 8. The van der Waals surface area contributed by atoms with E-state index < -0.39 is 0 Å². The van der Waals surface area contributed by atoms with Gasteiger partial charge in [0.15, 0.2) is 0 Å². The fourth-order valence-corrected chi connectivity index (χ4v) is 3.10. The number of nitrogens with zero attached hydrogens (tertiary/aromatic N) is 1. The zero-order chi connectivity index (χ0) is 18.9. The molecule has 1 aliphatic heterocycles. The molecule has 1 atom stereocenters. The molecule has 1 unspecified atom stereocenters. The summed E-state index contributed by atoms with van der Waals surface area (Å²) >= 11 is 0. The Labute approximate surface area is 166 Å². The molecule has 0 aliphatic carbocycles. The summed E-state index contributed by atoms with van der Waals surface area (Å²) in [6.45, 7) is 4.37. The van der Waals surface area contributed by atoms with Gasteiger partial charge in [-0.2, -0.15) is 0 Å². The fourth-order valence-electron chi connectivity index (χ4n) is 3.10. The minimum atomic E-state index is -0.136. The SMILES string of the molecule is CCOC(=O)C1CCCN(CCC(=O)Nc2cc(OC)ccc2OC)C1.Cl. The molecule has 152 valence electrons. The van der Waals surface area contributed by atoms with Crippen molar-refractivity contribution in [2.45, 2.75) is 26.2 Å². The molecule has 2 rings (SSSR count). The van der Waals surface area contributed by atoms with Crippen LogP contribution in [-0.2, 0) is 14.3 Å². The first-order valence-corrected chi connectivity index (χ1v) is 8.98. The van der Waals surface area contributed by atoms with Crippen LogP contribution in [0.15, 0.2) is 18.2 Å². The van der Waals surface area contributed by atoms with Crippen LogP contribution in [0.2, 0.25) is 0 Å². The average molecular weight is 401 g/mol. The molecule has 1 heterocycles. The van der Waals surface area contributed by atoms with Gasteiger partial charge in [0, 0.05) is 25.6 Å². The Morgan fingerprint density at radius 3 is 2.70 bits per heavy atom. The van der Waals surface area contributed by atoms with Crippen molar-refractivity contribution < 1.29 is 23.8 Å². The first-order valence-electron chi connectivity index (χ1n) is 8.98. The normalized spacial score (nSPS) is 16.8. The van der Waals surface area contributed by atoms with Crippen molar-refractivity contribution in [2.75, 3.05) is 45.8 Å². The molecule has 0 bridgehead atoms. The van der Waals surface area contributed by atoms with Gasteiger partial charge < -0.3 is 24.4 Å². The molecular weight excluding hydrogens is 372 g/mol. The minimum Gasteiger partial charge on any atom is -0.497 e. The van der Waals surface area contributed by atoms with Gasteiger partial charge in [0.1, 0.15) is 11.5 Å². The average Bonchev–Trinajstić information content (AvgIpc) is 2.66. The maximum absolute atomic E-state index is 12.3. The lowest BCUT2D eigenvalue weighted by atomic mass is 9.98.